The molecule has 1 saturated heterocycles. The Bertz CT molecular complexity index is 511. The van der Waals surface area contributed by atoms with Crippen LogP contribution in [0.1, 0.15) is 20.8 Å². The fourth-order valence-corrected chi connectivity index (χ4v) is 2.99. The number of nitrogens with two attached hydrogens (primary N) is 1. The summed E-state index contributed by atoms with van der Waals surface area (Å²) in [5.74, 6) is -0.887. The number of hydrogen-bond donors (Lipinski definition) is 1. The number of esters is 2. The second kappa shape index (κ2) is 5.69. The summed E-state index contributed by atoms with van der Waals surface area (Å²) in [5.41, 5.74) is 5.16. The number of hydrogen-bond acceptors (Lipinski definition) is 7. The van der Waals surface area contributed by atoms with Gasteiger partial charge in [-0.3, -0.25) is 14.5 Å². The van der Waals surface area contributed by atoms with Crippen LogP contribution in [0, 0.1) is 5.41 Å². The first kappa shape index (κ1) is 15.8. The van der Waals surface area contributed by atoms with E-state index in [4.69, 9.17) is 15.2 Å². The van der Waals surface area contributed by atoms with E-state index in [2.05, 4.69) is 0 Å². The van der Waals surface area contributed by atoms with Crippen molar-refractivity contribution in [1.82, 2.24) is 4.90 Å². The van der Waals surface area contributed by atoms with Gasteiger partial charge in [0.2, 0.25) is 12.7 Å². The number of carbonyl (C=O) groups excluding carboxylic acids is 3. The van der Waals surface area contributed by atoms with Crippen molar-refractivity contribution in [2.75, 3.05) is 12.5 Å². The molecule has 0 bridgehead atoms. The van der Waals surface area contributed by atoms with Crippen LogP contribution in [0.15, 0.2) is 11.8 Å². The first-order valence-corrected chi connectivity index (χ1v) is 7.53. The van der Waals surface area contributed by atoms with Gasteiger partial charge >= 0.3 is 11.9 Å². The standard InChI is InChI=1S/C13H18N2O5S/c1-13(2,3)12(18)20-6-19-11(17)7-4-5-21-10-8(14)9(16)15(7)10/h4,8,10H,5-6,14H2,1-3H3/t8-,10-/m1/s1. The molecule has 1 fully saturated rings. The Morgan fingerprint density at radius 3 is 2.71 bits per heavy atom. The van der Waals surface area contributed by atoms with Crippen molar-refractivity contribution < 1.29 is 23.9 Å². The lowest BCUT2D eigenvalue weighted by atomic mass is 9.98. The van der Waals surface area contributed by atoms with Gasteiger partial charge in [0, 0.05) is 5.75 Å². The fraction of sp³-hybridized carbons (Fsp3) is 0.615. The van der Waals surface area contributed by atoms with Crippen molar-refractivity contribution in [1.29, 1.82) is 0 Å². The van der Waals surface area contributed by atoms with E-state index < -0.39 is 30.2 Å². The molecule has 0 aromatic rings. The first-order chi connectivity index (χ1) is 9.73. The predicted molar refractivity (Wildman–Crippen MR) is 75.7 cm³/mol. The number of thioether (sulfide) groups is 1. The van der Waals surface area contributed by atoms with Crippen molar-refractivity contribution in [2.45, 2.75) is 32.2 Å². The number of ether oxygens (including phenoxy) is 2. The van der Waals surface area contributed by atoms with Crippen LogP contribution in [-0.4, -0.2) is 46.7 Å². The monoisotopic (exact) mass is 314 g/mol. The SMILES string of the molecule is CC(C)(C)C(=O)OCOC(=O)C1=CCS[C@@H]2[C@H](N)C(=O)N12. The van der Waals surface area contributed by atoms with Gasteiger partial charge in [0.25, 0.3) is 0 Å². The molecule has 2 heterocycles. The number of fused-ring (bicyclic) bond motifs is 1. The highest BCUT2D eigenvalue weighted by Crippen LogP contribution is 2.36. The lowest BCUT2D eigenvalue weighted by Gasteiger charge is -2.46. The third-order valence-electron chi connectivity index (χ3n) is 3.09. The zero-order valence-electron chi connectivity index (χ0n) is 12.1. The first-order valence-electron chi connectivity index (χ1n) is 6.48. The molecule has 2 aliphatic heterocycles. The van der Waals surface area contributed by atoms with Crippen molar-refractivity contribution in [3.63, 3.8) is 0 Å². The van der Waals surface area contributed by atoms with Crippen LogP contribution < -0.4 is 5.73 Å². The second-order valence-corrected chi connectivity index (χ2v) is 6.93. The van der Waals surface area contributed by atoms with Crippen LogP contribution >= 0.6 is 11.8 Å². The summed E-state index contributed by atoms with van der Waals surface area (Å²) in [5, 5.41) is -0.220. The number of amides is 1. The summed E-state index contributed by atoms with van der Waals surface area (Å²) in [6, 6.07) is -0.579. The van der Waals surface area contributed by atoms with E-state index in [9.17, 15) is 14.4 Å². The van der Waals surface area contributed by atoms with Crippen molar-refractivity contribution in [3.8, 4) is 0 Å². The number of β-lactam (4-membered cyclic amide) rings is 1. The maximum absolute atomic E-state index is 11.9. The Morgan fingerprint density at radius 2 is 2.10 bits per heavy atom. The molecule has 0 aromatic carbocycles. The van der Waals surface area contributed by atoms with Gasteiger partial charge < -0.3 is 15.2 Å². The van der Waals surface area contributed by atoms with Gasteiger partial charge in [-0.15, -0.1) is 11.8 Å². The molecule has 21 heavy (non-hydrogen) atoms. The lowest BCUT2D eigenvalue weighted by molar-refractivity contribution is -0.173. The number of nitrogens with zero attached hydrogens (tertiary/aromatic N) is 1. The van der Waals surface area contributed by atoms with Gasteiger partial charge in [0.15, 0.2) is 0 Å². The van der Waals surface area contributed by atoms with Gasteiger partial charge in [-0.05, 0) is 26.8 Å². The number of carbonyl (C=O) groups is 3. The van der Waals surface area contributed by atoms with E-state index in [0.29, 0.717) is 5.75 Å². The molecular weight excluding hydrogens is 296 g/mol. The van der Waals surface area contributed by atoms with E-state index in [-0.39, 0.29) is 17.0 Å². The molecule has 0 radical (unpaired) electrons. The Kier molecular flexibility index (Phi) is 4.29. The molecule has 7 nitrogen and oxygen atoms in total. The Morgan fingerprint density at radius 1 is 1.43 bits per heavy atom. The molecule has 2 aliphatic rings. The maximum atomic E-state index is 11.9. The Hall–Kier alpha value is -1.54. The highest BCUT2D eigenvalue weighted by molar-refractivity contribution is 8.00. The molecule has 2 atom stereocenters. The van der Waals surface area contributed by atoms with Crippen LogP contribution in [0.2, 0.25) is 0 Å². The summed E-state index contributed by atoms with van der Waals surface area (Å²) in [4.78, 5) is 36.5. The summed E-state index contributed by atoms with van der Waals surface area (Å²) >= 11 is 1.49. The smallest absolute Gasteiger partial charge is 0.357 e. The zero-order valence-corrected chi connectivity index (χ0v) is 12.9. The van der Waals surface area contributed by atoms with Gasteiger partial charge in [-0.2, -0.15) is 0 Å². The highest BCUT2D eigenvalue weighted by atomic mass is 32.2. The van der Waals surface area contributed by atoms with Crippen molar-refractivity contribution in [3.05, 3.63) is 11.8 Å². The van der Waals surface area contributed by atoms with Gasteiger partial charge in [0.1, 0.15) is 17.1 Å². The highest BCUT2D eigenvalue weighted by Gasteiger charge is 2.50. The average Bonchev–Trinajstić information content (AvgIpc) is 2.44. The number of rotatable bonds is 3. The fourth-order valence-electron chi connectivity index (χ4n) is 1.85. The second-order valence-electron chi connectivity index (χ2n) is 5.78. The molecule has 2 rings (SSSR count). The molecule has 0 spiro atoms. The minimum absolute atomic E-state index is 0.164. The molecule has 1 amide bonds. The quantitative estimate of drug-likeness (QED) is 0.451. The summed E-state index contributed by atoms with van der Waals surface area (Å²) in [6.07, 6.45) is 1.61. The van der Waals surface area contributed by atoms with Crippen molar-refractivity contribution >= 4 is 29.6 Å². The van der Waals surface area contributed by atoms with Crippen LogP contribution in [-0.2, 0) is 23.9 Å². The van der Waals surface area contributed by atoms with Gasteiger partial charge in [-0.25, -0.2) is 4.79 Å². The molecule has 2 N–H and O–H groups in total. The molecule has 0 unspecified atom stereocenters. The molecule has 0 saturated carbocycles. The van der Waals surface area contributed by atoms with Crippen LogP contribution in [0.5, 0.6) is 0 Å². The summed E-state index contributed by atoms with van der Waals surface area (Å²) < 4.78 is 9.74. The minimum atomic E-state index is -0.692. The zero-order chi connectivity index (χ0) is 15.8. The van der Waals surface area contributed by atoms with Crippen LogP contribution in [0.25, 0.3) is 0 Å². The van der Waals surface area contributed by atoms with Crippen LogP contribution in [0.3, 0.4) is 0 Å². The predicted octanol–water partition coefficient (Wildman–Crippen LogP) is 0.203. The lowest BCUT2D eigenvalue weighted by Crippen LogP contribution is -2.68. The van der Waals surface area contributed by atoms with E-state index >= 15 is 0 Å². The molecule has 0 aliphatic carbocycles. The molecule has 0 aromatic heterocycles. The largest absolute Gasteiger partial charge is 0.427 e. The summed E-state index contributed by atoms with van der Waals surface area (Å²) in [7, 11) is 0. The maximum Gasteiger partial charge on any atom is 0.357 e. The summed E-state index contributed by atoms with van der Waals surface area (Å²) in [6.45, 7) is 4.62. The Balaban J connectivity index is 1.88. The van der Waals surface area contributed by atoms with Crippen LogP contribution in [0.4, 0.5) is 0 Å². The van der Waals surface area contributed by atoms with Gasteiger partial charge in [0.05, 0.1) is 5.41 Å². The van der Waals surface area contributed by atoms with E-state index in [0.717, 1.165) is 0 Å². The normalized spacial score (nSPS) is 24.7. The minimum Gasteiger partial charge on any atom is -0.427 e. The van der Waals surface area contributed by atoms with E-state index in [1.807, 2.05) is 0 Å². The van der Waals surface area contributed by atoms with Gasteiger partial charge in [-0.1, -0.05) is 0 Å². The third kappa shape index (κ3) is 3.06. The molecular formula is C13H18N2O5S. The third-order valence-corrected chi connectivity index (χ3v) is 4.29. The van der Waals surface area contributed by atoms with E-state index in [1.165, 1.54) is 16.7 Å². The molecule has 8 heteroatoms. The molecule has 116 valence electrons. The Labute approximate surface area is 126 Å². The average molecular weight is 314 g/mol. The van der Waals surface area contributed by atoms with E-state index in [1.54, 1.807) is 26.8 Å². The topological polar surface area (TPSA) is 98.9 Å². The van der Waals surface area contributed by atoms with Crippen molar-refractivity contribution in [2.24, 2.45) is 11.1 Å².